The summed E-state index contributed by atoms with van der Waals surface area (Å²) in [5.74, 6) is 0.0545. The van der Waals surface area contributed by atoms with Gasteiger partial charge in [-0.15, -0.1) is 11.6 Å². The first-order valence-electron chi connectivity index (χ1n) is 3.58. The van der Waals surface area contributed by atoms with Crippen molar-refractivity contribution in [3.05, 3.63) is 0 Å². The van der Waals surface area contributed by atoms with Crippen molar-refractivity contribution in [3.8, 4) is 6.07 Å². The van der Waals surface area contributed by atoms with Gasteiger partial charge in [-0.2, -0.15) is 5.26 Å². The maximum atomic E-state index is 9.53. The molecule has 0 aromatic carbocycles. The molecular weight excluding hydrogens is 162 g/mol. The van der Waals surface area contributed by atoms with Gasteiger partial charge < -0.3 is 5.11 Å². The van der Waals surface area contributed by atoms with Gasteiger partial charge in [0.1, 0.15) is 0 Å². The lowest BCUT2D eigenvalue weighted by molar-refractivity contribution is 0.0572. The third-order valence-corrected chi connectivity index (χ3v) is 3.06. The van der Waals surface area contributed by atoms with Gasteiger partial charge in [-0.05, 0) is 19.8 Å². The van der Waals surface area contributed by atoms with Crippen LogP contribution in [-0.4, -0.2) is 15.6 Å². The van der Waals surface area contributed by atoms with Crippen molar-refractivity contribution in [2.75, 3.05) is 0 Å². The molecule has 0 aliphatic carbocycles. The molecule has 0 heterocycles. The summed E-state index contributed by atoms with van der Waals surface area (Å²) in [5.41, 5.74) is -1.47. The lowest BCUT2D eigenvalue weighted by Crippen LogP contribution is -2.48. The Hall–Kier alpha value is -0.260. The molecule has 64 valence electrons. The molecule has 3 heteroatoms. The zero-order valence-corrected chi connectivity index (χ0v) is 8.11. The number of hydrogen-bond donors (Lipinski definition) is 1. The smallest absolute Gasteiger partial charge is 0.167 e. The van der Waals surface area contributed by atoms with Crippen LogP contribution in [0.2, 0.25) is 0 Å². The summed E-state index contributed by atoms with van der Waals surface area (Å²) >= 11 is 5.99. The van der Waals surface area contributed by atoms with Crippen LogP contribution >= 0.6 is 11.6 Å². The number of hydrogen-bond acceptors (Lipinski definition) is 2. The average Bonchev–Trinajstić information content (AvgIpc) is 1.87. The number of nitriles is 1. The Kier molecular flexibility index (Phi) is 2.93. The quantitative estimate of drug-likeness (QED) is 0.515. The van der Waals surface area contributed by atoms with E-state index in [-0.39, 0.29) is 5.92 Å². The van der Waals surface area contributed by atoms with Crippen molar-refractivity contribution in [1.82, 2.24) is 0 Å². The molecule has 0 aliphatic rings. The highest BCUT2D eigenvalue weighted by Crippen LogP contribution is 2.35. The van der Waals surface area contributed by atoms with Crippen molar-refractivity contribution in [2.45, 2.75) is 38.2 Å². The molecule has 2 atom stereocenters. The fourth-order valence-corrected chi connectivity index (χ4v) is 0.714. The lowest BCUT2D eigenvalue weighted by Gasteiger charge is -2.35. The summed E-state index contributed by atoms with van der Waals surface area (Å²) in [6.07, 6.45) is 0. The maximum absolute atomic E-state index is 9.53. The minimum Gasteiger partial charge on any atom is -0.374 e. The van der Waals surface area contributed by atoms with Crippen LogP contribution in [0.5, 0.6) is 0 Å². The summed E-state index contributed by atoms with van der Waals surface area (Å²) in [7, 11) is 0. The first kappa shape index (κ1) is 10.7. The van der Waals surface area contributed by atoms with Crippen LogP contribution < -0.4 is 0 Å². The van der Waals surface area contributed by atoms with Gasteiger partial charge in [-0.3, -0.25) is 0 Å². The number of alkyl halides is 1. The van der Waals surface area contributed by atoms with E-state index in [1.54, 1.807) is 13.0 Å². The van der Waals surface area contributed by atoms with Gasteiger partial charge in [0.25, 0.3) is 0 Å². The molecule has 0 bridgehead atoms. The molecule has 0 fully saturated rings. The van der Waals surface area contributed by atoms with E-state index in [1.165, 1.54) is 6.92 Å². The summed E-state index contributed by atoms with van der Waals surface area (Å²) in [5, 5.41) is 18.1. The van der Waals surface area contributed by atoms with Crippen LogP contribution in [-0.2, 0) is 0 Å². The van der Waals surface area contributed by atoms with Crippen LogP contribution in [0, 0.1) is 17.2 Å². The van der Waals surface area contributed by atoms with Crippen LogP contribution in [0.25, 0.3) is 0 Å². The highest BCUT2D eigenvalue weighted by molar-refractivity contribution is 6.25. The van der Waals surface area contributed by atoms with Crippen molar-refractivity contribution in [1.29, 1.82) is 5.26 Å². The highest BCUT2D eigenvalue weighted by atomic mass is 35.5. The van der Waals surface area contributed by atoms with Gasteiger partial charge in [-0.25, -0.2) is 0 Å². The predicted molar refractivity (Wildman–Crippen MR) is 45.3 cm³/mol. The summed E-state index contributed by atoms with van der Waals surface area (Å²) in [4.78, 5) is -0.887. The second kappa shape index (κ2) is 3.00. The molecule has 0 saturated carbocycles. The third kappa shape index (κ3) is 1.85. The van der Waals surface area contributed by atoms with Crippen molar-refractivity contribution in [3.63, 3.8) is 0 Å². The summed E-state index contributed by atoms with van der Waals surface area (Å²) < 4.78 is 0. The molecule has 2 nitrogen and oxygen atoms in total. The number of halogens is 1. The highest BCUT2D eigenvalue weighted by Gasteiger charge is 2.44. The maximum Gasteiger partial charge on any atom is 0.167 e. The molecule has 0 aliphatic heterocycles. The second-order valence-electron chi connectivity index (χ2n) is 3.41. The van der Waals surface area contributed by atoms with E-state index < -0.39 is 10.5 Å². The molecule has 0 saturated heterocycles. The zero-order valence-electron chi connectivity index (χ0n) is 7.35. The Balaban J connectivity index is 4.71. The van der Waals surface area contributed by atoms with Gasteiger partial charge in [0.05, 0.1) is 10.9 Å². The van der Waals surface area contributed by atoms with E-state index in [1.807, 2.05) is 13.8 Å². The Morgan fingerprint density at radius 1 is 1.45 bits per heavy atom. The molecule has 0 aromatic rings. The Morgan fingerprint density at radius 2 is 1.82 bits per heavy atom. The molecule has 0 radical (unpaired) electrons. The third-order valence-electron chi connectivity index (χ3n) is 2.25. The van der Waals surface area contributed by atoms with Crippen molar-refractivity contribution in [2.24, 2.45) is 5.92 Å². The van der Waals surface area contributed by atoms with E-state index >= 15 is 0 Å². The average molecular weight is 176 g/mol. The molecule has 11 heavy (non-hydrogen) atoms. The largest absolute Gasteiger partial charge is 0.374 e. The number of rotatable bonds is 2. The van der Waals surface area contributed by atoms with Gasteiger partial charge in [0.2, 0.25) is 0 Å². The van der Waals surface area contributed by atoms with Gasteiger partial charge in [0, 0.05) is 0 Å². The normalized spacial score (nSPS) is 22.0. The molecule has 1 N–H and O–H groups in total. The summed E-state index contributed by atoms with van der Waals surface area (Å²) in [6, 6.07) is 1.79. The summed E-state index contributed by atoms with van der Waals surface area (Å²) in [6.45, 7) is 6.85. The lowest BCUT2D eigenvalue weighted by atomic mass is 9.82. The fraction of sp³-hybridized carbons (Fsp3) is 0.875. The van der Waals surface area contributed by atoms with Gasteiger partial charge >= 0.3 is 0 Å². The molecule has 0 aromatic heterocycles. The molecule has 0 spiro atoms. The fourth-order valence-electron chi connectivity index (χ4n) is 0.671. The van der Waals surface area contributed by atoms with E-state index in [0.29, 0.717) is 0 Å². The van der Waals surface area contributed by atoms with E-state index in [0.717, 1.165) is 0 Å². The first-order valence-corrected chi connectivity index (χ1v) is 3.96. The van der Waals surface area contributed by atoms with Gasteiger partial charge in [0.15, 0.2) is 5.60 Å². The SMILES string of the molecule is CC(C)C(C)(Cl)C(C)(O)C#N. The van der Waals surface area contributed by atoms with Crippen molar-refractivity contribution < 1.29 is 5.11 Å². The molecule has 2 unspecified atom stereocenters. The standard InChI is InChI=1S/C8H14ClNO/c1-6(2)8(4,9)7(3,11)5-10/h6,11H,1-4H3. The monoisotopic (exact) mass is 175 g/mol. The number of nitrogens with zero attached hydrogens (tertiary/aromatic N) is 1. The zero-order chi connectivity index (χ0) is 9.28. The van der Waals surface area contributed by atoms with E-state index in [9.17, 15) is 5.11 Å². The minimum atomic E-state index is -1.47. The first-order chi connectivity index (χ1) is 4.75. The van der Waals surface area contributed by atoms with Crippen LogP contribution in [0.1, 0.15) is 27.7 Å². The Labute approximate surface area is 72.8 Å². The Morgan fingerprint density at radius 3 is 1.91 bits per heavy atom. The topological polar surface area (TPSA) is 44.0 Å². The molecule has 0 amide bonds. The van der Waals surface area contributed by atoms with Crippen LogP contribution in [0.3, 0.4) is 0 Å². The van der Waals surface area contributed by atoms with E-state index in [4.69, 9.17) is 16.9 Å². The molecule has 0 rings (SSSR count). The van der Waals surface area contributed by atoms with Gasteiger partial charge in [-0.1, -0.05) is 13.8 Å². The van der Waals surface area contributed by atoms with E-state index in [2.05, 4.69) is 0 Å². The van der Waals surface area contributed by atoms with Crippen molar-refractivity contribution >= 4 is 11.6 Å². The second-order valence-corrected chi connectivity index (χ2v) is 4.20. The minimum absolute atomic E-state index is 0.0545. The van der Waals surface area contributed by atoms with Crippen LogP contribution in [0.15, 0.2) is 0 Å². The number of aliphatic hydroxyl groups is 1. The predicted octanol–water partition coefficient (Wildman–Crippen LogP) is 1.91. The Bertz CT molecular complexity index is 179. The van der Waals surface area contributed by atoms with Crippen LogP contribution in [0.4, 0.5) is 0 Å². The molecular formula is C8H14ClNO.